The Kier molecular flexibility index (Phi) is 6.98. The van der Waals surface area contributed by atoms with Crippen LogP contribution in [-0.4, -0.2) is 22.8 Å². The topological polar surface area (TPSA) is 57.5 Å². The molecule has 3 heteroatoms. The third kappa shape index (κ3) is 6.38. The zero-order chi connectivity index (χ0) is 13.9. The van der Waals surface area contributed by atoms with Gasteiger partial charge in [-0.1, -0.05) is 48.5 Å². The van der Waals surface area contributed by atoms with Crippen LogP contribution in [0.1, 0.15) is 22.3 Å². The summed E-state index contributed by atoms with van der Waals surface area (Å²) >= 11 is 0. The highest BCUT2D eigenvalue weighted by atomic mass is 16.4. The van der Waals surface area contributed by atoms with Gasteiger partial charge < -0.3 is 10.2 Å². The maximum atomic E-state index is 10.2. The molecule has 0 heterocycles. The number of aliphatic hydroxyl groups is 1. The summed E-state index contributed by atoms with van der Waals surface area (Å²) in [6.45, 7) is 0.287. The van der Waals surface area contributed by atoms with Gasteiger partial charge in [0.05, 0.1) is 5.56 Å². The van der Waals surface area contributed by atoms with Crippen LogP contribution in [0.15, 0.2) is 60.7 Å². The first-order chi connectivity index (χ1) is 9.24. The molecule has 100 valence electrons. The maximum absolute atomic E-state index is 10.2. The van der Waals surface area contributed by atoms with Gasteiger partial charge >= 0.3 is 5.97 Å². The smallest absolute Gasteiger partial charge is 0.335 e. The molecular weight excluding hydrogens is 240 g/mol. The van der Waals surface area contributed by atoms with Crippen molar-refractivity contribution in [1.29, 1.82) is 0 Å². The van der Waals surface area contributed by atoms with E-state index in [0.717, 1.165) is 12.8 Å². The first kappa shape index (κ1) is 14.9. The largest absolute Gasteiger partial charge is 0.478 e. The van der Waals surface area contributed by atoms with Gasteiger partial charge in [-0.15, -0.1) is 0 Å². The van der Waals surface area contributed by atoms with E-state index in [1.807, 2.05) is 18.2 Å². The molecule has 2 aromatic rings. The number of aryl methyl sites for hydroxylation is 1. The minimum atomic E-state index is -0.879. The molecule has 0 fully saturated rings. The molecule has 0 aliphatic heterocycles. The SMILES string of the molecule is O=C(O)c1ccccc1.OCCCc1ccccc1. The molecule has 0 aliphatic rings. The van der Waals surface area contributed by atoms with Gasteiger partial charge in [0, 0.05) is 6.61 Å². The van der Waals surface area contributed by atoms with Crippen molar-refractivity contribution in [2.24, 2.45) is 0 Å². The second kappa shape index (κ2) is 8.89. The van der Waals surface area contributed by atoms with Gasteiger partial charge in [-0.05, 0) is 30.5 Å². The van der Waals surface area contributed by atoms with Crippen LogP contribution >= 0.6 is 0 Å². The van der Waals surface area contributed by atoms with Crippen molar-refractivity contribution in [2.45, 2.75) is 12.8 Å². The molecule has 0 saturated carbocycles. The van der Waals surface area contributed by atoms with Gasteiger partial charge in [-0.2, -0.15) is 0 Å². The second-order valence-electron chi connectivity index (χ2n) is 3.98. The van der Waals surface area contributed by atoms with Gasteiger partial charge in [0.25, 0.3) is 0 Å². The molecule has 0 unspecified atom stereocenters. The maximum Gasteiger partial charge on any atom is 0.335 e. The molecule has 0 bridgehead atoms. The number of benzene rings is 2. The standard InChI is InChI=1S/C9H12O.C7H6O2/c10-8-4-7-9-5-2-1-3-6-9;8-7(9)6-4-2-1-3-5-6/h1-3,5-6,10H,4,7-8H2;1-5H,(H,8,9). The zero-order valence-electron chi connectivity index (χ0n) is 10.7. The van der Waals surface area contributed by atoms with Gasteiger partial charge in [-0.3, -0.25) is 0 Å². The van der Waals surface area contributed by atoms with E-state index in [1.54, 1.807) is 30.3 Å². The third-order valence-corrected chi connectivity index (χ3v) is 2.49. The van der Waals surface area contributed by atoms with Gasteiger partial charge in [0.1, 0.15) is 0 Å². The Hall–Kier alpha value is -2.13. The molecule has 2 N–H and O–H groups in total. The van der Waals surface area contributed by atoms with Crippen LogP contribution in [0.25, 0.3) is 0 Å². The highest BCUT2D eigenvalue weighted by molar-refractivity contribution is 5.87. The molecular formula is C16H18O3. The first-order valence-electron chi connectivity index (χ1n) is 6.17. The normalized spacial score (nSPS) is 9.32. The number of hydrogen-bond donors (Lipinski definition) is 2. The first-order valence-corrected chi connectivity index (χ1v) is 6.17. The van der Waals surface area contributed by atoms with Crippen molar-refractivity contribution in [1.82, 2.24) is 0 Å². The van der Waals surface area contributed by atoms with Crippen LogP contribution < -0.4 is 0 Å². The molecule has 0 amide bonds. The summed E-state index contributed by atoms with van der Waals surface area (Å²) < 4.78 is 0. The van der Waals surface area contributed by atoms with E-state index in [4.69, 9.17) is 10.2 Å². The van der Waals surface area contributed by atoms with Crippen LogP contribution in [0.2, 0.25) is 0 Å². The molecule has 19 heavy (non-hydrogen) atoms. The monoisotopic (exact) mass is 258 g/mol. The lowest BCUT2D eigenvalue weighted by Gasteiger charge is -1.96. The molecule has 2 aromatic carbocycles. The quantitative estimate of drug-likeness (QED) is 0.886. The molecule has 2 rings (SSSR count). The lowest BCUT2D eigenvalue weighted by atomic mass is 10.1. The van der Waals surface area contributed by atoms with Crippen LogP contribution in [0.3, 0.4) is 0 Å². The van der Waals surface area contributed by atoms with Crippen LogP contribution in [0.5, 0.6) is 0 Å². The lowest BCUT2D eigenvalue weighted by Crippen LogP contribution is -1.93. The summed E-state index contributed by atoms with van der Waals surface area (Å²) in [5.41, 5.74) is 1.63. The number of aromatic carboxylic acids is 1. The Morgan fingerprint density at radius 1 is 0.895 bits per heavy atom. The zero-order valence-corrected chi connectivity index (χ0v) is 10.7. The summed E-state index contributed by atoms with van der Waals surface area (Å²) in [7, 11) is 0. The van der Waals surface area contributed by atoms with Crippen molar-refractivity contribution in [3.63, 3.8) is 0 Å². The summed E-state index contributed by atoms with van der Waals surface area (Å²) in [5, 5.41) is 16.9. The van der Waals surface area contributed by atoms with Crippen molar-refractivity contribution in [3.8, 4) is 0 Å². The molecule has 0 aromatic heterocycles. The van der Waals surface area contributed by atoms with E-state index >= 15 is 0 Å². The fourth-order valence-corrected chi connectivity index (χ4v) is 1.51. The Morgan fingerprint density at radius 3 is 1.84 bits per heavy atom. The van der Waals surface area contributed by atoms with E-state index in [-0.39, 0.29) is 6.61 Å². The fraction of sp³-hybridized carbons (Fsp3) is 0.188. The van der Waals surface area contributed by atoms with Crippen LogP contribution in [0.4, 0.5) is 0 Å². The third-order valence-electron chi connectivity index (χ3n) is 2.49. The summed E-state index contributed by atoms with van der Waals surface area (Å²) in [6.07, 6.45) is 1.85. The Balaban J connectivity index is 0.000000191. The average Bonchev–Trinajstić information content (AvgIpc) is 2.48. The molecule has 0 atom stereocenters. The summed E-state index contributed by atoms with van der Waals surface area (Å²) in [4.78, 5) is 10.2. The number of carbonyl (C=O) groups is 1. The average molecular weight is 258 g/mol. The Bertz CT molecular complexity index is 466. The molecule has 0 radical (unpaired) electrons. The number of rotatable bonds is 4. The van der Waals surface area contributed by atoms with E-state index in [1.165, 1.54) is 5.56 Å². The van der Waals surface area contributed by atoms with Crippen molar-refractivity contribution < 1.29 is 15.0 Å². The molecule has 3 nitrogen and oxygen atoms in total. The van der Waals surface area contributed by atoms with E-state index in [9.17, 15) is 4.79 Å². The van der Waals surface area contributed by atoms with E-state index in [0.29, 0.717) is 5.56 Å². The number of carboxylic acid groups (broad SMARTS) is 1. The predicted octanol–water partition coefficient (Wildman–Crippen LogP) is 3.00. The van der Waals surface area contributed by atoms with Gasteiger partial charge in [0.2, 0.25) is 0 Å². The van der Waals surface area contributed by atoms with Crippen molar-refractivity contribution in [3.05, 3.63) is 71.8 Å². The van der Waals surface area contributed by atoms with Crippen molar-refractivity contribution >= 4 is 5.97 Å². The number of hydrogen-bond acceptors (Lipinski definition) is 2. The van der Waals surface area contributed by atoms with Gasteiger partial charge in [0.15, 0.2) is 0 Å². The molecule has 0 saturated heterocycles. The Morgan fingerprint density at radius 2 is 1.42 bits per heavy atom. The van der Waals surface area contributed by atoms with Crippen LogP contribution in [-0.2, 0) is 6.42 Å². The van der Waals surface area contributed by atoms with E-state index in [2.05, 4.69) is 12.1 Å². The number of carboxylic acids is 1. The summed E-state index contributed by atoms with van der Waals surface area (Å²) in [6, 6.07) is 18.5. The van der Waals surface area contributed by atoms with E-state index < -0.39 is 5.97 Å². The van der Waals surface area contributed by atoms with Crippen LogP contribution in [0, 0.1) is 0 Å². The Labute approximate surface area is 113 Å². The molecule has 0 spiro atoms. The minimum Gasteiger partial charge on any atom is -0.478 e. The highest BCUT2D eigenvalue weighted by Crippen LogP contribution is 2.00. The number of aliphatic hydroxyl groups excluding tert-OH is 1. The fourth-order valence-electron chi connectivity index (χ4n) is 1.51. The summed E-state index contributed by atoms with van der Waals surface area (Å²) in [5.74, 6) is -0.879. The molecule has 0 aliphatic carbocycles. The lowest BCUT2D eigenvalue weighted by molar-refractivity contribution is 0.0697. The van der Waals surface area contributed by atoms with Gasteiger partial charge in [-0.25, -0.2) is 4.79 Å². The van der Waals surface area contributed by atoms with Crippen molar-refractivity contribution in [2.75, 3.05) is 6.61 Å². The highest BCUT2D eigenvalue weighted by Gasteiger charge is 1.96. The second-order valence-corrected chi connectivity index (χ2v) is 3.98. The minimum absolute atomic E-state index is 0.287. The predicted molar refractivity (Wildman–Crippen MR) is 75.3 cm³/mol.